The van der Waals surface area contributed by atoms with Crippen LogP contribution in [-0.2, 0) is 10.0 Å². The number of benzene rings is 1. The average Bonchev–Trinajstić information content (AvgIpc) is 2.77. The Bertz CT molecular complexity index is 753. The number of ether oxygens (including phenoxy) is 1. The van der Waals surface area contributed by atoms with Gasteiger partial charge in [0, 0.05) is 5.69 Å². The molecule has 0 aliphatic rings. The van der Waals surface area contributed by atoms with Crippen molar-refractivity contribution in [2.24, 2.45) is 0 Å². The number of sulfonamides is 1. The lowest BCUT2D eigenvalue weighted by atomic mass is 10.3. The van der Waals surface area contributed by atoms with E-state index in [-0.39, 0.29) is 11.5 Å². The Kier molecular flexibility index (Phi) is 4.14. The number of H-pyrrole nitrogens is 1. The number of nitriles is 1. The summed E-state index contributed by atoms with van der Waals surface area (Å²) in [6.07, 6.45) is 0. The van der Waals surface area contributed by atoms with Crippen LogP contribution in [0.4, 0.5) is 5.69 Å². The molecule has 0 saturated heterocycles. The monoisotopic (exact) mass is 306 g/mol. The van der Waals surface area contributed by atoms with E-state index in [4.69, 9.17) is 10.00 Å². The first-order valence-electron chi connectivity index (χ1n) is 6.08. The Morgan fingerprint density at radius 2 is 2.00 bits per heavy atom. The van der Waals surface area contributed by atoms with Gasteiger partial charge in [-0.2, -0.15) is 10.4 Å². The SMILES string of the molecule is Cc1n[nH]c(C)c1S(=O)(=O)Nc1ccc(OCC#N)cc1. The highest BCUT2D eigenvalue weighted by molar-refractivity contribution is 7.92. The maximum Gasteiger partial charge on any atom is 0.265 e. The quantitative estimate of drug-likeness (QED) is 0.874. The second-order valence-corrected chi connectivity index (χ2v) is 5.96. The standard InChI is InChI=1S/C13H14N4O3S/c1-9-13(10(2)16-15-9)21(18,19)17-11-3-5-12(6-4-11)20-8-7-14/h3-6,17H,8H2,1-2H3,(H,15,16). The Balaban J connectivity index is 2.20. The minimum absolute atomic E-state index is 0.0571. The smallest absolute Gasteiger partial charge is 0.265 e. The number of anilines is 1. The first-order chi connectivity index (χ1) is 9.94. The summed E-state index contributed by atoms with van der Waals surface area (Å²) in [4.78, 5) is 0.146. The van der Waals surface area contributed by atoms with E-state index in [1.165, 1.54) is 0 Å². The van der Waals surface area contributed by atoms with E-state index < -0.39 is 10.0 Å². The molecule has 0 bridgehead atoms. The summed E-state index contributed by atoms with van der Waals surface area (Å²) < 4.78 is 32.2. The summed E-state index contributed by atoms with van der Waals surface area (Å²) in [5.74, 6) is 0.496. The molecular formula is C13H14N4O3S. The van der Waals surface area contributed by atoms with Gasteiger partial charge in [-0.25, -0.2) is 8.42 Å². The number of aryl methyl sites for hydroxylation is 2. The largest absolute Gasteiger partial charge is 0.479 e. The maximum absolute atomic E-state index is 12.3. The lowest BCUT2D eigenvalue weighted by molar-refractivity contribution is 0.368. The first-order valence-corrected chi connectivity index (χ1v) is 7.56. The van der Waals surface area contributed by atoms with Crippen molar-refractivity contribution in [3.63, 3.8) is 0 Å². The molecular weight excluding hydrogens is 292 g/mol. The molecule has 0 unspecified atom stereocenters. The molecule has 1 aromatic carbocycles. The summed E-state index contributed by atoms with van der Waals surface area (Å²) in [7, 11) is -3.70. The molecule has 110 valence electrons. The molecule has 1 heterocycles. The van der Waals surface area contributed by atoms with Crippen molar-refractivity contribution in [3.05, 3.63) is 35.7 Å². The van der Waals surface area contributed by atoms with Crippen molar-refractivity contribution in [1.29, 1.82) is 5.26 Å². The Labute approximate surface area is 122 Å². The molecule has 2 rings (SSSR count). The normalized spacial score (nSPS) is 10.9. The number of hydrogen-bond acceptors (Lipinski definition) is 5. The molecule has 1 aromatic heterocycles. The van der Waals surface area contributed by atoms with Crippen LogP contribution in [0, 0.1) is 25.2 Å². The molecule has 7 nitrogen and oxygen atoms in total. The van der Waals surface area contributed by atoms with Crippen LogP contribution in [-0.4, -0.2) is 25.2 Å². The van der Waals surface area contributed by atoms with Gasteiger partial charge in [-0.15, -0.1) is 0 Å². The highest BCUT2D eigenvalue weighted by Crippen LogP contribution is 2.22. The van der Waals surface area contributed by atoms with Gasteiger partial charge in [0.2, 0.25) is 0 Å². The molecule has 0 aliphatic heterocycles. The van der Waals surface area contributed by atoms with Crippen LogP contribution < -0.4 is 9.46 Å². The molecule has 0 radical (unpaired) electrons. The molecule has 8 heteroatoms. The predicted octanol–water partition coefficient (Wildman–Crippen LogP) is 1.73. The average molecular weight is 306 g/mol. The van der Waals surface area contributed by atoms with E-state index in [0.717, 1.165) is 0 Å². The van der Waals surface area contributed by atoms with Gasteiger partial charge in [0.25, 0.3) is 10.0 Å². The van der Waals surface area contributed by atoms with Gasteiger partial charge in [0.15, 0.2) is 6.61 Å². The van der Waals surface area contributed by atoms with Crippen LogP contribution in [0.25, 0.3) is 0 Å². The molecule has 0 aliphatic carbocycles. The summed E-state index contributed by atoms with van der Waals surface area (Å²) >= 11 is 0. The van der Waals surface area contributed by atoms with Gasteiger partial charge >= 0.3 is 0 Å². The lowest BCUT2D eigenvalue weighted by Gasteiger charge is -2.09. The van der Waals surface area contributed by atoms with E-state index in [1.807, 2.05) is 6.07 Å². The Morgan fingerprint density at radius 3 is 2.52 bits per heavy atom. The summed E-state index contributed by atoms with van der Waals surface area (Å²) in [6.45, 7) is 3.21. The Morgan fingerprint density at radius 1 is 1.33 bits per heavy atom. The highest BCUT2D eigenvalue weighted by Gasteiger charge is 2.22. The van der Waals surface area contributed by atoms with Crippen LogP contribution >= 0.6 is 0 Å². The van der Waals surface area contributed by atoms with Gasteiger partial charge in [-0.1, -0.05) is 0 Å². The number of aromatic amines is 1. The van der Waals surface area contributed by atoms with Crippen molar-refractivity contribution in [2.75, 3.05) is 11.3 Å². The van der Waals surface area contributed by atoms with E-state index >= 15 is 0 Å². The van der Waals surface area contributed by atoms with Gasteiger partial charge in [0.05, 0.1) is 11.4 Å². The van der Waals surface area contributed by atoms with Crippen molar-refractivity contribution >= 4 is 15.7 Å². The fourth-order valence-electron chi connectivity index (χ4n) is 1.88. The lowest BCUT2D eigenvalue weighted by Crippen LogP contribution is -2.14. The third-order valence-electron chi connectivity index (χ3n) is 2.74. The van der Waals surface area contributed by atoms with Gasteiger partial charge in [0.1, 0.15) is 16.7 Å². The number of rotatable bonds is 5. The highest BCUT2D eigenvalue weighted by atomic mass is 32.2. The van der Waals surface area contributed by atoms with Crippen molar-refractivity contribution in [2.45, 2.75) is 18.7 Å². The molecule has 0 spiro atoms. The molecule has 0 saturated carbocycles. The van der Waals surface area contributed by atoms with E-state index in [9.17, 15) is 8.42 Å². The number of hydrogen-bond donors (Lipinski definition) is 2. The van der Waals surface area contributed by atoms with Crippen LogP contribution in [0.3, 0.4) is 0 Å². The second-order valence-electron chi connectivity index (χ2n) is 4.34. The minimum Gasteiger partial charge on any atom is -0.479 e. The molecule has 2 aromatic rings. The molecule has 0 fully saturated rings. The van der Waals surface area contributed by atoms with Crippen molar-refractivity contribution in [3.8, 4) is 11.8 Å². The zero-order valence-corrected chi connectivity index (χ0v) is 12.4. The van der Waals surface area contributed by atoms with Crippen molar-refractivity contribution < 1.29 is 13.2 Å². The first kappa shape index (κ1) is 14.9. The predicted molar refractivity (Wildman–Crippen MR) is 76.4 cm³/mol. The fourth-order valence-corrected chi connectivity index (χ4v) is 3.31. The van der Waals surface area contributed by atoms with Crippen LogP contribution in [0.15, 0.2) is 29.2 Å². The fraction of sp³-hybridized carbons (Fsp3) is 0.231. The summed E-state index contributed by atoms with van der Waals surface area (Å²) in [5, 5.41) is 14.9. The maximum atomic E-state index is 12.3. The summed E-state index contributed by atoms with van der Waals surface area (Å²) in [6, 6.07) is 8.16. The van der Waals surface area contributed by atoms with E-state index in [1.54, 1.807) is 38.1 Å². The third kappa shape index (κ3) is 3.32. The van der Waals surface area contributed by atoms with Gasteiger partial charge in [-0.05, 0) is 38.1 Å². The Hall–Kier alpha value is -2.53. The van der Waals surface area contributed by atoms with E-state index in [2.05, 4.69) is 14.9 Å². The molecule has 0 atom stereocenters. The summed E-state index contributed by atoms with van der Waals surface area (Å²) in [5.41, 5.74) is 1.29. The van der Waals surface area contributed by atoms with Crippen LogP contribution in [0.1, 0.15) is 11.4 Å². The van der Waals surface area contributed by atoms with Crippen LogP contribution in [0.2, 0.25) is 0 Å². The van der Waals surface area contributed by atoms with Gasteiger partial charge in [-0.3, -0.25) is 9.82 Å². The van der Waals surface area contributed by atoms with E-state index in [0.29, 0.717) is 22.8 Å². The molecule has 21 heavy (non-hydrogen) atoms. The zero-order chi connectivity index (χ0) is 15.5. The van der Waals surface area contributed by atoms with Gasteiger partial charge < -0.3 is 4.74 Å². The number of nitrogens with zero attached hydrogens (tertiary/aromatic N) is 2. The van der Waals surface area contributed by atoms with Crippen molar-refractivity contribution in [1.82, 2.24) is 10.2 Å². The number of aromatic nitrogens is 2. The second kappa shape index (κ2) is 5.85. The number of nitrogens with one attached hydrogen (secondary N) is 2. The zero-order valence-electron chi connectivity index (χ0n) is 11.5. The molecule has 0 amide bonds. The molecule has 2 N–H and O–H groups in total. The topological polar surface area (TPSA) is 108 Å². The third-order valence-corrected chi connectivity index (χ3v) is 4.38. The van der Waals surface area contributed by atoms with Crippen LogP contribution in [0.5, 0.6) is 5.75 Å². The minimum atomic E-state index is -3.70.